The average Bonchev–Trinajstić information content (AvgIpc) is 2.39. The molecule has 0 aliphatic rings. The second-order valence-corrected chi connectivity index (χ2v) is 4.89. The summed E-state index contributed by atoms with van der Waals surface area (Å²) in [5.41, 5.74) is 1.32. The van der Waals surface area contributed by atoms with E-state index < -0.39 is 0 Å². The predicted molar refractivity (Wildman–Crippen MR) is 73.1 cm³/mol. The van der Waals surface area contributed by atoms with Gasteiger partial charge in [-0.1, -0.05) is 11.6 Å². The molecule has 92 valence electrons. The zero-order valence-corrected chi connectivity index (χ0v) is 11.6. The van der Waals surface area contributed by atoms with Crippen LogP contribution in [-0.2, 0) is 6.61 Å². The van der Waals surface area contributed by atoms with E-state index in [0.29, 0.717) is 22.9 Å². The van der Waals surface area contributed by atoms with E-state index in [1.54, 1.807) is 24.4 Å². The van der Waals surface area contributed by atoms with E-state index in [9.17, 15) is 4.79 Å². The average molecular weight is 327 g/mol. The molecule has 1 aromatic carbocycles. The number of ether oxygens (including phenoxy) is 1. The summed E-state index contributed by atoms with van der Waals surface area (Å²) in [6.07, 6.45) is 2.45. The molecule has 0 N–H and O–H groups in total. The van der Waals surface area contributed by atoms with E-state index in [1.807, 2.05) is 12.1 Å². The minimum absolute atomic E-state index is 0.327. The number of benzene rings is 1. The molecule has 0 saturated heterocycles. The molecule has 3 nitrogen and oxygen atoms in total. The van der Waals surface area contributed by atoms with Crippen molar-refractivity contribution in [3.63, 3.8) is 0 Å². The van der Waals surface area contributed by atoms with Crippen molar-refractivity contribution < 1.29 is 9.53 Å². The van der Waals surface area contributed by atoms with Gasteiger partial charge in [0.25, 0.3) is 0 Å². The molecule has 2 aromatic rings. The number of aldehydes is 1. The molecular weight excluding hydrogens is 318 g/mol. The number of rotatable bonds is 4. The van der Waals surface area contributed by atoms with Crippen molar-refractivity contribution in [3.05, 3.63) is 57.3 Å². The van der Waals surface area contributed by atoms with Crippen LogP contribution in [-0.4, -0.2) is 11.3 Å². The van der Waals surface area contributed by atoms with Crippen LogP contribution in [0.2, 0.25) is 5.02 Å². The van der Waals surface area contributed by atoms with Gasteiger partial charge in [0.15, 0.2) is 0 Å². The van der Waals surface area contributed by atoms with Gasteiger partial charge in [-0.2, -0.15) is 0 Å². The molecule has 0 radical (unpaired) electrons. The Bertz CT molecular complexity index is 557. The first-order chi connectivity index (χ1) is 8.69. The van der Waals surface area contributed by atoms with Gasteiger partial charge in [0.1, 0.15) is 18.6 Å². The monoisotopic (exact) mass is 325 g/mol. The highest BCUT2D eigenvalue weighted by Crippen LogP contribution is 2.25. The van der Waals surface area contributed by atoms with E-state index in [-0.39, 0.29) is 0 Å². The highest BCUT2D eigenvalue weighted by atomic mass is 79.9. The Balaban J connectivity index is 2.06. The Morgan fingerprint density at radius 3 is 2.78 bits per heavy atom. The van der Waals surface area contributed by atoms with Crippen molar-refractivity contribution in [1.29, 1.82) is 0 Å². The van der Waals surface area contributed by atoms with Crippen molar-refractivity contribution in [2.75, 3.05) is 0 Å². The lowest BCUT2D eigenvalue weighted by atomic mass is 10.2. The highest BCUT2D eigenvalue weighted by molar-refractivity contribution is 9.10. The van der Waals surface area contributed by atoms with Gasteiger partial charge in [0, 0.05) is 16.2 Å². The molecule has 18 heavy (non-hydrogen) atoms. The van der Waals surface area contributed by atoms with E-state index >= 15 is 0 Å². The third-order valence-corrected chi connectivity index (χ3v) is 3.02. The summed E-state index contributed by atoms with van der Waals surface area (Å²) >= 11 is 9.30. The SMILES string of the molecule is O=Cc1ccc(OCc2ccc(Br)cn2)c(Cl)c1. The third-order valence-electron chi connectivity index (χ3n) is 2.26. The maximum absolute atomic E-state index is 10.6. The summed E-state index contributed by atoms with van der Waals surface area (Å²) in [4.78, 5) is 14.8. The molecule has 0 spiro atoms. The van der Waals surface area contributed by atoms with Crippen LogP contribution in [0.3, 0.4) is 0 Å². The minimum atomic E-state index is 0.327. The topological polar surface area (TPSA) is 39.2 Å². The van der Waals surface area contributed by atoms with Gasteiger partial charge in [-0.15, -0.1) is 0 Å². The first kappa shape index (κ1) is 13.1. The van der Waals surface area contributed by atoms with Crippen molar-refractivity contribution >= 4 is 33.8 Å². The van der Waals surface area contributed by atoms with Gasteiger partial charge in [0.2, 0.25) is 0 Å². The molecule has 2 rings (SSSR count). The fraction of sp³-hybridized carbons (Fsp3) is 0.0769. The molecule has 1 aromatic heterocycles. The number of carbonyl (C=O) groups is 1. The zero-order chi connectivity index (χ0) is 13.0. The predicted octanol–water partition coefficient (Wildman–Crippen LogP) is 3.89. The quantitative estimate of drug-likeness (QED) is 0.800. The molecule has 0 fully saturated rings. The van der Waals surface area contributed by atoms with Crippen LogP contribution in [0.25, 0.3) is 0 Å². The Hall–Kier alpha value is -1.39. The number of nitrogens with zero attached hydrogens (tertiary/aromatic N) is 1. The van der Waals surface area contributed by atoms with Crippen LogP contribution < -0.4 is 4.74 Å². The minimum Gasteiger partial charge on any atom is -0.486 e. The number of hydrogen-bond donors (Lipinski definition) is 0. The molecule has 1 heterocycles. The Morgan fingerprint density at radius 1 is 1.33 bits per heavy atom. The van der Waals surface area contributed by atoms with Crippen molar-refractivity contribution in [3.8, 4) is 5.75 Å². The molecule has 5 heteroatoms. The summed E-state index contributed by atoms with van der Waals surface area (Å²) in [6.45, 7) is 0.327. The summed E-state index contributed by atoms with van der Waals surface area (Å²) in [6, 6.07) is 8.65. The maximum Gasteiger partial charge on any atom is 0.150 e. The smallest absolute Gasteiger partial charge is 0.150 e. The van der Waals surface area contributed by atoms with E-state index in [1.165, 1.54) is 0 Å². The summed E-state index contributed by atoms with van der Waals surface area (Å²) in [5.74, 6) is 0.534. The number of pyridine rings is 1. The molecule has 0 aliphatic heterocycles. The molecule has 0 amide bonds. The van der Waals surface area contributed by atoms with E-state index in [0.717, 1.165) is 16.5 Å². The Kier molecular flexibility index (Phi) is 4.33. The van der Waals surface area contributed by atoms with Crippen LogP contribution >= 0.6 is 27.5 Å². The summed E-state index contributed by atoms with van der Waals surface area (Å²) in [7, 11) is 0. The third kappa shape index (κ3) is 3.31. The molecule has 0 bridgehead atoms. The number of halogens is 2. The summed E-state index contributed by atoms with van der Waals surface area (Å²) in [5, 5.41) is 0.414. The molecule has 0 aliphatic carbocycles. The van der Waals surface area contributed by atoms with Gasteiger partial charge >= 0.3 is 0 Å². The molecule has 0 saturated carbocycles. The second kappa shape index (κ2) is 5.98. The van der Waals surface area contributed by atoms with Crippen molar-refractivity contribution in [2.45, 2.75) is 6.61 Å². The van der Waals surface area contributed by atoms with E-state index in [2.05, 4.69) is 20.9 Å². The van der Waals surface area contributed by atoms with Crippen LogP contribution in [0.15, 0.2) is 41.0 Å². The first-order valence-corrected chi connectivity index (χ1v) is 6.34. The van der Waals surface area contributed by atoms with Gasteiger partial charge in [0.05, 0.1) is 10.7 Å². The van der Waals surface area contributed by atoms with Gasteiger partial charge < -0.3 is 4.74 Å². The van der Waals surface area contributed by atoms with E-state index in [4.69, 9.17) is 16.3 Å². The molecule has 0 unspecified atom stereocenters. The summed E-state index contributed by atoms with van der Waals surface area (Å²) < 4.78 is 6.45. The van der Waals surface area contributed by atoms with Crippen LogP contribution in [0, 0.1) is 0 Å². The Morgan fingerprint density at radius 2 is 2.17 bits per heavy atom. The van der Waals surface area contributed by atoms with Crippen molar-refractivity contribution in [2.24, 2.45) is 0 Å². The zero-order valence-electron chi connectivity index (χ0n) is 9.27. The van der Waals surface area contributed by atoms with Gasteiger partial charge in [-0.05, 0) is 46.3 Å². The van der Waals surface area contributed by atoms with Crippen LogP contribution in [0.1, 0.15) is 16.1 Å². The number of carbonyl (C=O) groups excluding carboxylic acids is 1. The first-order valence-electron chi connectivity index (χ1n) is 5.17. The highest BCUT2D eigenvalue weighted by Gasteiger charge is 2.03. The van der Waals surface area contributed by atoms with Gasteiger partial charge in [-0.25, -0.2) is 0 Å². The Labute approximate surface area is 118 Å². The normalized spacial score (nSPS) is 10.1. The lowest BCUT2D eigenvalue weighted by Gasteiger charge is -2.07. The van der Waals surface area contributed by atoms with Crippen molar-refractivity contribution in [1.82, 2.24) is 4.98 Å². The fourth-order valence-corrected chi connectivity index (χ4v) is 1.83. The molecular formula is C13H9BrClNO2. The number of hydrogen-bond acceptors (Lipinski definition) is 3. The lowest BCUT2D eigenvalue weighted by molar-refractivity contribution is 0.112. The maximum atomic E-state index is 10.6. The second-order valence-electron chi connectivity index (χ2n) is 3.56. The van der Waals surface area contributed by atoms with Crippen LogP contribution in [0.5, 0.6) is 5.75 Å². The van der Waals surface area contributed by atoms with Crippen LogP contribution in [0.4, 0.5) is 0 Å². The number of aromatic nitrogens is 1. The fourth-order valence-electron chi connectivity index (χ4n) is 1.35. The standard InChI is InChI=1S/C13H9BrClNO2/c14-10-2-3-11(16-6-10)8-18-13-4-1-9(7-17)5-12(13)15/h1-7H,8H2. The molecule has 0 atom stereocenters. The largest absolute Gasteiger partial charge is 0.486 e. The van der Waals surface area contributed by atoms with Gasteiger partial charge in [-0.3, -0.25) is 9.78 Å². The lowest BCUT2D eigenvalue weighted by Crippen LogP contribution is -1.98.